The van der Waals surface area contributed by atoms with Gasteiger partial charge in [-0.15, -0.1) is 0 Å². The molecule has 0 radical (unpaired) electrons. The highest BCUT2D eigenvalue weighted by Crippen LogP contribution is 2.26. The maximum atomic E-state index is 10.0. The maximum Gasteiger partial charge on any atom is 0.184 e. The van der Waals surface area contributed by atoms with Gasteiger partial charge >= 0.3 is 0 Å². The first-order valence-corrected chi connectivity index (χ1v) is 6.72. The Hall–Kier alpha value is -0.980. The van der Waals surface area contributed by atoms with Gasteiger partial charge in [-0.3, -0.25) is 0 Å². The number of aliphatic hydroxyl groups excluding tert-OH is 1. The molecule has 1 aromatic rings. The molecule has 0 aromatic heterocycles. The van der Waals surface area contributed by atoms with Crippen LogP contribution in [0, 0.1) is 0 Å². The van der Waals surface area contributed by atoms with E-state index in [0.717, 1.165) is 5.56 Å². The minimum absolute atomic E-state index is 0.253. The van der Waals surface area contributed by atoms with Crippen molar-refractivity contribution in [3.8, 4) is 0 Å². The van der Waals surface area contributed by atoms with Crippen LogP contribution in [0.5, 0.6) is 0 Å². The molecule has 0 spiro atoms. The summed E-state index contributed by atoms with van der Waals surface area (Å²) in [6, 6.07) is 9.77. The predicted octanol–water partition coefficient (Wildman–Crippen LogP) is 1.34. The SMILES string of the molecule is CO[C@@H]1[C@@H](OC)[C@H](C)O[C@@H](O)[C@@H]1OCc1ccccc1. The summed E-state index contributed by atoms with van der Waals surface area (Å²) >= 11 is 0. The highest BCUT2D eigenvalue weighted by atomic mass is 16.7. The lowest BCUT2D eigenvalue weighted by molar-refractivity contribution is -0.298. The van der Waals surface area contributed by atoms with Crippen molar-refractivity contribution in [2.75, 3.05) is 14.2 Å². The number of ether oxygens (including phenoxy) is 4. The highest BCUT2D eigenvalue weighted by molar-refractivity contribution is 5.13. The molecule has 0 bridgehead atoms. The van der Waals surface area contributed by atoms with Crippen molar-refractivity contribution < 1.29 is 24.1 Å². The van der Waals surface area contributed by atoms with Crippen LogP contribution >= 0.6 is 0 Å². The van der Waals surface area contributed by atoms with Crippen LogP contribution in [-0.2, 0) is 25.6 Å². The summed E-state index contributed by atoms with van der Waals surface area (Å²) in [5.41, 5.74) is 1.03. The monoisotopic (exact) mass is 282 g/mol. The Balaban J connectivity index is 2.03. The van der Waals surface area contributed by atoms with E-state index in [0.29, 0.717) is 6.61 Å². The van der Waals surface area contributed by atoms with Gasteiger partial charge in [-0.1, -0.05) is 30.3 Å². The quantitative estimate of drug-likeness (QED) is 0.883. The second-order valence-electron chi connectivity index (χ2n) is 4.89. The van der Waals surface area contributed by atoms with Gasteiger partial charge in [0, 0.05) is 14.2 Å². The van der Waals surface area contributed by atoms with Crippen LogP contribution in [0.3, 0.4) is 0 Å². The molecule has 1 aromatic carbocycles. The van der Waals surface area contributed by atoms with Crippen molar-refractivity contribution in [1.29, 1.82) is 0 Å². The average molecular weight is 282 g/mol. The van der Waals surface area contributed by atoms with Gasteiger partial charge in [0.25, 0.3) is 0 Å². The lowest BCUT2D eigenvalue weighted by atomic mass is 9.99. The van der Waals surface area contributed by atoms with E-state index < -0.39 is 12.4 Å². The van der Waals surface area contributed by atoms with Crippen LogP contribution in [0.15, 0.2) is 30.3 Å². The van der Waals surface area contributed by atoms with Gasteiger partial charge < -0.3 is 24.1 Å². The molecule has 1 N–H and O–H groups in total. The Kier molecular flexibility index (Phi) is 5.51. The summed E-state index contributed by atoms with van der Waals surface area (Å²) in [5, 5.41) is 10.0. The molecule has 0 saturated carbocycles. The van der Waals surface area contributed by atoms with Crippen molar-refractivity contribution >= 4 is 0 Å². The molecule has 112 valence electrons. The fourth-order valence-corrected chi connectivity index (χ4v) is 2.53. The number of hydrogen-bond acceptors (Lipinski definition) is 5. The molecule has 1 fully saturated rings. The van der Waals surface area contributed by atoms with E-state index in [1.807, 2.05) is 37.3 Å². The zero-order valence-electron chi connectivity index (χ0n) is 12.1. The molecule has 2 rings (SSSR count). The van der Waals surface area contributed by atoms with Gasteiger partial charge in [0.15, 0.2) is 6.29 Å². The highest BCUT2D eigenvalue weighted by Gasteiger charge is 2.45. The van der Waals surface area contributed by atoms with Gasteiger partial charge in [0.05, 0.1) is 12.7 Å². The van der Waals surface area contributed by atoms with E-state index in [9.17, 15) is 5.11 Å². The molecular weight excluding hydrogens is 260 g/mol. The number of aliphatic hydroxyl groups is 1. The van der Waals surface area contributed by atoms with Crippen LogP contribution < -0.4 is 0 Å². The van der Waals surface area contributed by atoms with Crippen molar-refractivity contribution in [2.24, 2.45) is 0 Å². The van der Waals surface area contributed by atoms with E-state index in [4.69, 9.17) is 18.9 Å². The van der Waals surface area contributed by atoms with Gasteiger partial charge in [-0.05, 0) is 12.5 Å². The first-order chi connectivity index (χ1) is 9.67. The van der Waals surface area contributed by atoms with Crippen LogP contribution in [-0.4, -0.2) is 50.0 Å². The normalized spacial score (nSPS) is 34.1. The zero-order chi connectivity index (χ0) is 14.5. The summed E-state index contributed by atoms with van der Waals surface area (Å²) in [7, 11) is 3.18. The summed E-state index contributed by atoms with van der Waals surface area (Å²) in [4.78, 5) is 0. The standard InChI is InChI=1S/C15H22O5/c1-10-12(17-2)13(18-3)14(15(16)20-10)19-9-11-7-5-4-6-8-11/h4-8,10,12-16H,9H2,1-3H3/t10-,12-,13+,14+,15+/m0/s1. The Morgan fingerprint density at radius 1 is 1.05 bits per heavy atom. The molecule has 1 aliphatic rings. The smallest absolute Gasteiger partial charge is 0.184 e. The lowest BCUT2D eigenvalue weighted by Crippen LogP contribution is -2.58. The summed E-state index contributed by atoms with van der Waals surface area (Å²) in [6.45, 7) is 2.23. The second kappa shape index (κ2) is 7.15. The van der Waals surface area contributed by atoms with Crippen LogP contribution in [0.4, 0.5) is 0 Å². The Labute approximate surface area is 119 Å². The number of methoxy groups -OCH3 is 2. The molecule has 0 unspecified atom stereocenters. The molecule has 0 aliphatic carbocycles. The summed E-state index contributed by atoms with van der Waals surface area (Å²) < 4.78 is 22.1. The fraction of sp³-hybridized carbons (Fsp3) is 0.600. The number of benzene rings is 1. The van der Waals surface area contributed by atoms with Gasteiger partial charge in [0.2, 0.25) is 0 Å². The number of rotatable bonds is 5. The fourth-order valence-electron chi connectivity index (χ4n) is 2.53. The third-order valence-electron chi connectivity index (χ3n) is 3.57. The first-order valence-electron chi connectivity index (χ1n) is 6.72. The van der Waals surface area contributed by atoms with Crippen molar-refractivity contribution in [3.05, 3.63) is 35.9 Å². The molecule has 5 nitrogen and oxygen atoms in total. The third-order valence-corrected chi connectivity index (χ3v) is 3.57. The lowest BCUT2D eigenvalue weighted by Gasteiger charge is -2.42. The van der Waals surface area contributed by atoms with E-state index in [1.54, 1.807) is 14.2 Å². The Morgan fingerprint density at radius 3 is 2.30 bits per heavy atom. The van der Waals surface area contributed by atoms with E-state index in [1.165, 1.54) is 0 Å². The van der Waals surface area contributed by atoms with Crippen LogP contribution in [0.25, 0.3) is 0 Å². The molecule has 5 heteroatoms. The average Bonchev–Trinajstić information content (AvgIpc) is 2.46. The van der Waals surface area contributed by atoms with Crippen molar-refractivity contribution in [1.82, 2.24) is 0 Å². The molecule has 1 heterocycles. The number of hydrogen-bond donors (Lipinski definition) is 1. The van der Waals surface area contributed by atoms with E-state index >= 15 is 0 Å². The molecule has 5 atom stereocenters. The van der Waals surface area contributed by atoms with Gasteiger partial charge in [0.1, 0.15) is 18.3 Å². The summed E-state index contributed by atoms with van der Waals surface area (Å²) in [5.74, 6) is 0. The first kappa shape index (κ1) is 15.4. The van der Waals surface area contributed by atoms with Crippen LogP contribution in [0.1, 0.15) is 12.5 Å². The molecule has 1 aliphatic heterocycles. The topological polar surface area (TPSA) is 57.2 Å². The van der Waals surface area contributed by atoms with E-state index in [-0.39, 0.29) is 18.3 Å². The van der Waals surface area contributed by atoms with Gasteiger partial charge in [-0.2, -0.15) is 0 Å². The summed E-state index contributed by atoms with van der Waals surface area (Å²) in [6.07, 6.45) is -2.51. The Bertz CT molecular complexity index is 397. The van der Waals surface area contributed by atoms with E-state index in [2.05, 4.69) is 0 Å². The molecule has 20 heavy (non-hydrogen) atoms. The second-order valence-corrected chi connectivity index (χ2v) is 4.89. The Morgan fingerprint density at radius 2 is 1.70 bits per heavy atom. The molecule has 0 amide bonds. The third kappa shape index (κ3) is 3.37. The minimum Gasteiger partial charge on any atom is -0.376 e. The zero-order valence-corrected chi connectivity index (χ0v) is 12.1. The van der Waals surface area contributed by atoms with Crippen molar-refractivity contribution in [2.45, 2.75) is 44.2 Å². The molecule has 1 saturated heterocycles. The van der Waals surface area contributed by atoms with Crippen LogP contribution in [0.2, 0.25) is 0 Å². The van der Waals surface area contributed by atoms with Gasteiger partial charge in [-0.25, -0.2) is 0 Å². The maximum absolute atomic E-state index is 10.0. The minimum atomic E-state index is -1.02. The predicted molar refractivity (Wildman–Crippen MR) is 73.2 cm³/mol. The van der Waals surface area contributed by atoms with Crippen molar-refractivity contribution in [3.63, 3.8) is 0 Å². The largest absolute Gasteiger partial charge is 0.376 e. The molecular formula is C15H22O5.